The minimum Gasteiger partial charge on any atom is -0.360 e. The van der Waals surface area contributed by atoms with Crippen molar-refractivity contribution in [2.75, 3.05) is 13.1 Å². The van der Waals surface area contributed by atoms with Crippen LogP contribution in [0.3, 0.4) is 0 Å². The molecule has 0 unspecified atom stereocenters. The van der Waals surface area contributed by atoms with Crippen molar-refractivity contribution in [2.24, 2.45) is 5.92 Å². The zero-order valence-corrected chi connectivity index (χ0v) is 8.27. The average Bonchev–Trinajstić information content (AvgIpc) is 2.86. The summed E-state index contributed by atoms with van der Waals surface area (Å²) in [6.07, 6.45) is 4.82. The van der Waals surface area contributed by atoms with Crippen LogP contribution < -0.4 is 0 Å². The fourth-order valence-corrected chi connectivity index (χ4v) is 1.44. The first-order valence-corrected chi connectivity index (χ1v) is 5.10. The van der Waals surface area contributed by atoms with Gasteiger partial charge in [-0.2, -0.15) is 0 Å². The third kappa shape index (κ3) is 2.84. The van der Waals surface area contributed by atoms with Crippen molar-refractivity contribution in [3.8, 4) is 0 Å². The molecule has 0 radical (unpaired) electrons. The van der Waals surface area contributed by atoms with Crippen molar-refractivity contribution < 1.29 is 0 Å². The van der Waals surface area contributed by atoms with Crippen molar-refractivity contribution in [3.63, 3.8) is 0 Å². The summed E-state index contributed by atoms with van der Waals surface area (Å²) in [4.78, 5) is 2.25. The second-order valence-corrected chi connectivity index (χ2v) is 3.69. The molecule has 1 rings (SSSR count). The van der Waals surface area contributed by atoms with Crippen LogP contribution in [0.1, 0.15) is 39.5 Å². The van der Waals surface area contributed by atoms with E-state index in [1.54, 1.807) is 0 Å². The summed E-state index contributed by atoms with van der Waals surface area (Å²) in [5.41, 5.74) is 0. The monoisotopic (exact) mass is 168 g/mol. The summed E-state index contributed by atoms with van der Waals surface area (Å²) in [7, 11) is 0. The topological polar surface area (TPSA) is 27.1 Å². The molecule has 0 aliphatic heterocycles. The first kappa shape index (κ1) is 9.56. The second-order valence-electron chi connectivity index (χ2n) is 3.69. The summed E-state index contributed by atoms with van der Waals surface area (Å²) in [5, 5.41) is 7.74. The minimum absolute atomic E-state index is 0.823. The molecule has 0 amide bonds. The van der Waals surface area contributed by atoms with Gasteiger partial charge in [0.05, 0.1) is 5.84 Å². The lowest BCUT2D eigenvalue weighted by atomic mass is 10.3. The second kappa shape index (κ2) is 4.48. The van der Waals surface area contributed by atoms with Crippen molar-refractivity contribution >= 4 is 5.84 Å². The molecule has 1 aliphatic rings. The average molecular weight is 168 g/mol. The van der Waals surface area contributed by atoms with E-state index in [4.69, 9.17) is 5.41 Å². The summed E-state index contributed by atoms with van der Waals surface area (Å²) >= 11 is 0. The third-order valence-electron chi connectivity index (χ3n) is 2.39. The maximum absolute atomic E-state index is 7.74. The van der Waals surface area contributed by atoms with Gasteiger partial charge in [-0.1, -0.05) is 13.8 Å². The zero-order chi connectivity index (χ0) is 8.97. The number of rotatable bonds is 5. The van der Waals surface area contributed by atoms with Crippen LogP contribution in [0.2, 0.25) is 0 Å². The van der Waals surface area contributed by atoms with Gasteiger partial charge in [0.2, 0.25) is 0 Å². The summed E-state index contributed by atoms with van der Waals surface area (Å²) in [5.74, 6) is 1.73. The standard InChI is InChI=1S/C10H20N2/c1-3-7-12(10(11)4-2)8-9-5-6-9/h9,11H,3-8H2,1-2H3. The Bertz CT molecular complexity index is 150. The Hall–Kier alpha value is -0.530. The van der Waals surface area contributed by atoms with Gasteiger partial charge in [0.25, 0.3) is 0 Å². The maximum Gasteiger partial charge on any atom is 0.0954 e. The maximum atomic E-state index is 7.74. The van der Waals surface area contributed by atoms with Gasteiger partial charge in [0.15, 0.2) is 0 Å². The van der Waals surface area contributed by atoms with E-state index in [0.717, 1.165) is 37.7 Å². The quantitative estimate of drug-likeness (QED) is 0.495. The van der Waals surface area contributed by atoms with Crippen molar-refractivity contribution in [1.29, 1.82) is 5.41 Å². The Balaban J connectivity index is 2.30. The smallest absolute Gasteiger partial charge is 0.0954 e. The van der Waals surface area contributed by atoms with Crippen LogP contribution in [0.4, 0.5) is 0 Å². The van der Waals surface area contributed by atoms with Gasteiger partial charge < -0.3 is 4.90 Å². The molecule has 2 nitrogen and oxygen atoms in total. The molecule has 2 heteroatoms. The summed E-state index contributed by atoms with van der Waals surface area (Å²) in [6.45, 7) is 6.46. The third-order valence-corrected chi connectivity index (χ3v) is 2.39. The van der Waals surface area contributed by atoms with E-state index in [9.17, 15) is 0 Å². The highest BCUT2D eigenvalue weighted by atomic mass is 15.2. The van der Waals surface area contributed by atoms with Crippen LogP contribution in [0.15, 0.2) is 0 Å². The molecule has 12 heavy (non-hydrogen) atoms. The lowest BCUT2D eigenvalue weighted by Gasteiger charge is -2.23. The molecule has 0 spiro atoms. The SMILES string of the molecule is CCCN(CC1CC1)C(=N)CC. The first-order valence-electron chi connectivity index (χ1n) is 5.10. The van der Waals surface area contributed by atoms with E-state index in [1.807, 2.05) is 0 Å². The van der Waals surface area contributed by atoms with E-state index >= 15 is 0 Å². The van der Waals surface area contributed by atoms with E-state index in [-0.39, 0.29) is 0 Å². The predicted octanol–water partition coefficient (Wildman–Crippen LogP) is 2.50. The molecule has 0 aromatic heterocycles. The normalized spacial score (nSPS) is 16.2. The Morgan fingerprint density at radius 3 is 2.50 bits per heavy atom. The Labute approximate surface area is 75.5 Å². The Morgan fingerprint density at radius 1 is 1.42 bits per heavy atom. The van der Waals surface area contributed by atoms with Gasteiger partial charge in [-0.25, -0.2) is 0 Å². The first-order chi connectivity index (χ1) is 5.77. The molecule has 0 atom stereocenters. The highest BCUT2D eigenvalue weighted by Crippen LogP contribution is 2.29. The van der Waals surface area contributed by atoms with Gasteiger partial charge in [-0.15, -0.1) is 0 Å². The number of nitrogens with zero attached hydrogens (tertiary/aromatic N) is 1. The summed E-state index contributed by atoms with van der Waals surface area (Å²) in [6, 6.07) is 0. The Kier molecular flexibility index (Phi) is 3.57. The number of amidine groups is 1. The fourth-order valence-electron chi connectivity index (χ4n) is 1.44. The number of nitrogens with one attached hydrogen (secondary N) is 1. The van der Waals surface area contributed by atoms with Crippen molar-refractivity contribution in [1.82, 2.24) is 4.90 Å². The fraction of sp³-hybridized carbons (Fsp3) is 0.900. The molecule has 0 saturated heterocycles. The van der Waals surface area contributed by atoms with Crippen LogP contribution >= 0.6 is 0 Å². The van der Waals surface area contributed by atoms with E-state index < -0.39 is 0 Å². The minimum atomic E-state index is 0.823. The van der Waals surface area contributed by atoms with E-state index in [2.05, 4.69) is 18.7 Å². The van der Waals surface area contributed by atoms with Crippen LogP contribution in [0.25, 0.3) is 0 Å². The lowest BCUT2D eigenvalue weighted by molar-refractivity contribution is 0.390. The van der Waals surface area contributed by atoms with Crippen LogP contribution in [-0.4, -0.2) is 23.8 Å². The molecule has 1 saturated carbocycles. The van der Waals surface area contributed by atoms with E-state index in [0.29, 0.717) is 0 Å². The van der Waals surface area contributed by atoms with Crippen LogP contribution in [0, 0.1) is 11.3 Å². The highest BCUT2D eigenvalue weighted by Gasteiger charge is 2.24. The largest absolute Gasteiger partial charge is 0.360 e. The van der Waals surface area contributed by atoms with Gasteiger partial charge in [0, 0.05) is 19.5 Å². The van der Waals surface area contributed by atoms with Gasteiger partial charge >= 0.3 is 0 Å². The number of hydrogen-bond acceptors (Lipinski definition) is 1. The van der Waals surface area contributed by atoms with Gasteiger partial charge in [-0.05, 0) is 25.2 Å². The zero-order valence-electron chi connectivity index (χ0n) is 8.27. The molecule has 1 fully saturated rings. The molecule has 0 bridgehead atoms. The molecular formula is C10H20N2. The molecule has 70 valence electrons. The van der Waals surface area contributed by atoms with Crippen molar-refractivity contribution in [3.05, 3.63) is 0 Å². The van der Waals surface area contributed by atoms with E-state index in [1.165, 1.54) is 12.8 Å². The molecule has 0 aromatic carbocycles. The van der Waals surface area contributed by atoms with Gasteiger partial charge in [0.1, 0.15) is 0 Å². The highest BCUT2D eigenvalue weighted by molar-refractivity contribution is 5.78. The molecule has 1 aliphatic carbocycles. The molecule has 0 aromatic rings. The van der Waals surface area contributed by atoms with Gasteiger partial charge in [-0.3, -0.25) is 5.41 Å². The molecular weight excluding hydrogens is 148 g/mol. The Morgan fingerprint density at radius 2 is 2.08 bits per heavy atom. The predicted molar refractivity (Wildman–Crippen MR) is 52.6 cm³/mol. The van der Waals surface area contributed by atoms with Crippen LogP contribution in [0.5, 0.6) is 0 Å². The van der Waals surface area contributed by atoms with Crippen molar-refractivity contribution in [2.45, 2.75) is 39.5 Å². The lowest BCUT2D eigenvalue weighted by Crippen LogP contribution is -2.32. The number of hydrogen-bond donors (Lipinski definition) is 1. The molecule has 1 N–H and O–H groups in total. The summed E-state index contributed by atoms with van der Waals surface area (Å²) < 4.78 is 0. The van der Waals surface area contributed by atoms with Crippen LogP contribution in [-0.2, 0) is 0 Å². The molecule has 0 heterocycles.